The van der Waals surface area contributed by atoms with Gasteiger partial charge in [-0.25, -0.2) is 0 Å². The summed E-state index contributed by atoms with van der Waals surface area (Å²) in [6.07, 6.45) is 1.34. The van der Waals surface area contributed by atoms with Gasteiger partial charge in [-0.3, -0.25) is 4.79 Å². The maximum absolute atomic E-state index is 10.3. The van der Waals surface area contributed by atoms with Crippen LogP contribution in [-0.2, 0) is 9.53 Å². The molecule has 2 unspecified atom stereocenters. The van der Waals surface area contributed by atoms with Crippen LogP contribution in [0.1, 0.15) is 26.2 Å². The van der Waals surface area contributed by atoms with Crippen molar-refractivity contribution in [3.8, 4) is 0 Å². The second-order valence-corrected chi connectivity index (χ2v) is 4.19. The molecule has 1 rings (SSSR count). The fraction of sp³-hybridized carbons (Fsp3) is 0.900. The molecule has 15 heavy (non-hydrogen) atoms. The predicted molar refractivity (Wildman–Crippen MR) is 54.7 cm³/mol. The summed E-state index contributed by atoms with van der Waals surface area (Å²) in [5, 5.41) is 21.6. The first-order valence-electron chi connectivity index (χ1n) is 5.27. The SMILES string of the molecule is CC1(O)CCOCC1NCCCC(=O)O. The molecule has 0 amide bonds. The van der Waals surface area contributed by atoms with E-state index in [0.29, 0.717) is 32.6 Å². The minimum absolute atomic E-state index is 0.0972. The second kappa shape index (κ2) is 5.44. The molecular formula is C10H19NO4. The van der Waals surface area contributed by atoms with Crippen LogP contribution >= 0.6 is 0 Å². The van der Waals surface area contributed by atoms with E-state index in [-0.39, 0.29) is 12.5 Å². The number of rotatable bonds is 5. The van der Waals surface area contributed by atoms with Crippen molar-refractivity contribution < 1.29 is 19.7 Å². The maximum atomic E-state index is 10.3. The van der Waals surface area contributed by atoms with E-state index in [2.05, 4.69) is 5.32 Å². The van der Waals surface area contributed by atoms with Gasteiger partial charge in [0.15, 0.2) is 0 Å². The van der Waals surface area contributed by atoms with E-state index < -0.39 is 11.6 Å². The van der Waals surface area contributed by atoms with Gasteiger partial charge in [-0.15, -0.1) is 0 Å². The second-order valence-electron chi connectivity index (χ2n) is 4.19. The zero-order valence-corrected chi connectivity index (χ0v) is 9.03. The molecule has 5 heteroatoms. The fourth-order valence-electron chi connectivity index (χ4n) is 1.63. The highest BCUT2D eigenvalue weighted by Gasteiger charge is 2.34. The molecule has 1 saturated heterocycles. The van der Waals surface area contributed by atoms with Crippen molar-refractivity contribution in [2.45, 2.75) is 37.8 Å². The van der Waals surface area contributed by atoms with Crippen molar-refractivity contribution in [2.24, 2.45) is 0 Å². The Hall–Kier alpha value is -0.650. The number of ether oxygens (including phenoxy) is 1. The minimum atomic E-state index is -0.788. The molecule has 2 atom stereocenters. The van der Waals surface area contributed by atoms with Crippen LogP contribution in [0.15, 0.2) is 0 Å². The van der Waals surface area contributed by atoms with E-state index in [4.69, 9.17) is 9.84 Å². The Morgan fingerprint density at radius 3 is 3.00 bits per heavy atom. The van der Waals surface area contributed by atoms with E-state index in [1.807, 2.05) is 0 Å². The molecule has 0 saturated carbocycles. The highest BCUT2D eigenvalue weighted by atomic mass is 16.5. The first-order chi connectivity index (χ1) is 7.02. The average Bonchev–Trinajstić information content (AvgIpc) is 2.13. The van der Waals surface area contributed by atoms with Crippen molar-refractivity contribution >= 4 is 5.97 Å². The van der Waals surface area contributed by atoms with Gasteiger partial charge in [0.1, 0.15) is 0 Å². The van der Waals surface area contributed by atoms with Gasteiger partial charge in [-0.05, 0) is 19.9 Å². The van der Waals surface area contributed by atoms with Crippen LogP contribution in [0.5, 0.6) is 0 Å². The monoisotopic (exact) mass is 217 g/mol. The van der Waals surface area contributed by atoms with Crippen molar-refractivity contribution in [1.82, 2.24) is 5.32 Å². The lowest BCUT2D eigenvalue weighted by molar-refractivity contribution is -0.137. The summed E-state index contributed by atoms with van der Waals surface area (Å²) in [5.41, 5.74) is -0.749. The Morgan fingerprint density at radius 2 is 2.40 bits per heavy atom. The predicted octanol–water partition coefficient (Wildman–Crippen LogP) is -0.0193. The Labute approximate surface area is 89.4 Å². The van der Waals surface area contributed by atoms with Gasteiger partial charge < -0.3 is 20.3 Å². The Kier molecular flexibility index (Phi) is 4.50. The van der Waals surface area contributed by atoms with Gasteiger partial charge >= 0.3 is 5.97 Å². The third-order valence-electron chi connectivity index (χ3n) is 2.75. The molecule has 3 N–H and O–H groups in total. The number of hydrogen-bond donors (Lipinski definition) is 3. The zero-order chi connectivity index (χ0) is 11.3. The summed E-state index contributed by atoms with van der Waals surface area (Å²) in [5.74, 6) is -0.788. The summed E-state index contributed by atoms with van der Waals surface area (Å²) in [6, 6.07) is -0.0972. The van der Waals surface area contributed by atoms with Crippen molar-refractivity contribution in [1.29, 1.82) is 0 Å². The molecule has 0 aliphatic carbocycles. The molecule has 0 aromatic carbocycles. The first-order valence-corrected chi connectivity index (χ1v) is 5.27. The van der Waals surface area contributed by atoms with Crippen molar-refractivity contribution in [3.05, 3.63) is 0 Å². The minimum Gasteiger partial charge on any atom is -0.481 e. The lowest BCUT2D eigenvalue weighted by Crippen LogP contribution is -2.55. The lowest BCUT2D eigenvalue weighted by atomic mass is 9.91. The number of nitrogens with one attached hydrogen (secondary N) is 1. The molecule has 0 radical (unpaired) electrons. The molecule has 0 aromatic rings. The maximum Gasteiger partial charge on any atom is 0.303 e. The molecule has 0 bridgehead atoms. The highest BCUT2D eigenvalue weighted by Crippen LogP contribution is 2.19. The molecule has 1 fully saturated rings. The molecule has 1 aliphatic rings. The van der Waals surface area contributed by atoms with Crippen LogP contribution in [-0.4, -0.2) is 47.6 Å². The molecule has 0 aromatic heterocycles. The third kappa shape index (κ3) is 4.15. The van der Waals surface area contributed by atoms with Gasteiger partial charge in [0, 0.05) is 19.4 Å². The largest absolute Gasteiger partial charge is 0.481 e. The Balaban J connectivity index is 2.21. The summed E-state index contributed by atoms with van der Waals surface area (Å²) in [7, 11) is 0. The van der Waals surface area contributed by atoms with Crippen molar-refractivity contribution in [3.63, 3.8) is 0 Å². The highest BCUT2D eigenvalue weighted by molar-refractivity contribution is 5.66. The van der Waals surface area contributed by atoms with E-state index in [1.165, 1.54) is 0 Å². The molecule has 0 spiro atoms. The lowest BCUT2D eigenvalue weighted by Gasteiger charge is -2.37. The van der Waals surface area contributed by atoms with Crippen molar-refractivity contribution in [2.75, 3.05) is 19.8 Å². The van der Waals surface area contributed by atoms with Crippen LogP contribution in [0.4, 0.5) is 0 Å². The third-order valence-corrected chi connectivity index (χ3v) is 2.75. The van der Waals surface area contributed by atoms with Crippen LogP contribution in [0.25, 0.3) is 0 Å². The van der Waals surface area contributed by atoms with Gasteiger partial charge in [0.2, 0.25) is 0 Å². The molecular weight excluding hydrogens is 198 g/mol. The zero-order valence-electron chi connectivity index (χ0n) is 9.03. The molecule has 5 nitrogen and oxygen atoms in total. The quantitative estimate of drug-likeness (QED) is 0.564. The van der Waals surface area contributed by atoms with E-state index >= 15 is 0 Å². The number of carbonyl (C=O) groups is 1. The van der Waals surface area contributed by atoms with Crippen LogP contribution < -0.4 is 5.32 Å². The number of carboxylic acid groups (broad SMARTS) is 1. The molecule has 1 aliphatic heterocycles. The Bertz CT molecular complexity index is 217. The summed E-state index contributed by atoms with van der Waals surface area (Å²) in [4.78, 5) is 10.3. The summed E-state index contributed by atoms with van der Waals surface area (Å²) < 4.78 is 5.26. The van der Waals surface area contributed by atoms with E-state index in [9.17, 15) is 9.90 Å². The number of aliphatic hydroxyl groups is 1. The smallest absolute Gasteiger partial charge is 0.303 e. The molecule has 1 heterocycles. The van der Waals surface area contributed by atoms with Gasteiger partial charge in [0.05, 0.1) is 18.2 Å². The van der Waals surface area contributed by atoms with Crippen LogP contribution in [0.3, 0.4) is 0 Å². The Morgan fingerprint density at radius 1 is 1.67 bits per heavy atom. The fourth-order valence-corrected chi connectivity index (χ4v) is 1.63. The number of carboxylic acids is 1. The van der Waals surface area contributed by atoms with Gasteiger partial charge in [-0.1, -0.05) is 0 Å². The number of aliphatic carboxylic acids is 1. The summed E-state index contributed by atoms with van der Waals surface area (Å²) >= 11 is 0. The topological polar surface area (TPSA) is 78.8 Å². The van der Waals surface area contributed by atoms with E-state index in [1.54, 1.807) is 6.92 Å². The standard InChI is InChI=1S/C10H19NO4/c1-10(14)4-6-15-7-8(10)11-5-2-3-9(12)13/h8,11,14H,2-7H2,1H3,(H,12,13). The normalized spacial score (nSPS) is 31.5. The average molecular weight is 217 g/mol. The molecule has 88 valence electrons. The van der Waals surface area contributed by atoms with E-state index in [0.717, 1.165) is 0 Å². The van der Waals surface area contributed by atoms with Crippen LogP contribution in [0.2, 0.25) is 0 Å². The summed E-state index contributed by atoms with van der Waals surface area (Å²) in [6.45, 7) is 3.45. The first kappa shape index (κ1) is 12.4. The van der Waals surface area contributed by atoms with Gasteiger partial charge in [0.25, 0.3) is 0 Å². The van der Waals surface area contributed by atoms with Gasteiger partial charge in [-0.2, -0.15) is 0 Å². The number of hydrogen-bond acceptors (Lipinski definition) is 4. The van der Waals surface area contributed by atoms with Crippen LogP contribution in [0, 0.1) is 0 Å².